The minimum atomic E-state index is -1.89. The topological polar surface area (TPSA) is 89.8 Å². The lowest BCUT2D eigenvalue weighted by molar-refractivity contribution is 0.312. The Morgan fingerprint density at radius 2 is 1.94 bits per heavy atom. The number of fused-ring (bicyclic) bond motifs is 1. The Balaban J connectivity index is 0.000000463. The normalized spacial score (nSPS) is 16.9. The quantitative estimate of drug-likeness (QED) is 0.363. The summed E-state index contributed by atoms with van der Waals surface area (Å²) in [7, 11) is 16.6. The van der Waals surface area contributed by atoms with E-state index >= 15 is 0 Å². The van der Waals surface area contributed by atoms with Crippen LogP contribution in [0.1, 0.15) is 63.3 Å². The summed E-state index contributed by atoms with van der Waals surface area (Å²) in [6, 6.07) is 1.54. The molecule has 1 aliphatic heterocycles. The summed E-state index contributed by atoms with van der Waals surface area (Å²) in [5, 5.41) is 5.87. The highest BCUT2D eigenvalue weighted by atomic mass is 19.1. The Morgan fingerprint density at radius 3 is 2.40 bits per heavy atom. The molecule has 0 atom stereocenters. The molecule has 35 heavy (non-hydrogen) atoms. The van der Waals surface area contributed by atoms with E-state index in [1.165, 1.54) is 43.1 Å². The van der Waals surface area contributed by atoms with E-state index in [0.717, 1.165) is 12.8 Å². The maximum absolute atomic E-state index is 14.4. The van der Waals surface area contributed by atoms with Crippen molar-refractivity contribution in [3.05, 3.63) is 41.4 Å². The van der Waals surface area contributed by atoms with Gasteiger partial charge >= 0.3 is 0 Å². The molecule has 6 radical (unpaired) electrons. The fourth-order valence-corrected chi connectivity index (χ4v) is 3.33. The summed E-state index contributed by atoms with van der Waals surface area (Å²) < 4.78 is 34.5. The van der Waals surface area contributed by atoms with Crippen molar-refractivity contribution in [1.82, 2.24) is 19.9 Å². The van der Waals surface area contributed by atoms with E-state index in [2.05, 4.69) is 27.1 Å². The van der Waals surface area contributed by atoms with Crippen molar-refractivity contribution in [3.8, 4) is 5.75 Å². The van der Waals surface area contributed by atoms with Gasteiger partial charge in [-0.2, -0.15) is 5.10 Å². The molecule has 182 valence electrons. The first kappa shape index (κ1) is 28.8. The minimum absolute atomic E-state index is 0.130. The number of halogens is 2. The fourth-order valence-electron chi connectivity index (χ4n) is 3.33. The second kappa shape index (κ2) is 13.6. The van der Waals surface area contributed by atoms with Crippen molar-refractivity contribution in [2.24, 2.45) is 10.7 Å². The van der Waals surface area contributed by atoms with Crippen molar-refractivity contribution in [2.75, 3.05) is 19.6 Å². The van der Waals surface area contributed by atoms with Gasteiger partial charge in [0.05, 0.1) is 6.20 Å². The van der Waals surface area contributed by atoms with Gasteiger partial charge in [0.25, 0.3) is 0 Å². The van der Waals surface area contributed by atoms with Crippen LogP contribution in [0.15, 0.2) is 35.0 Å². The average Bonchev–Trinajstić information content (AvgIpc) is 3.62. The first-order valence-electron chi connectivity index (χ1n) is 11.8. The molecule has 0 amide bonds. The van der Waals surface area contributed by atoms with Crippen LogP contribution < -0.4 is 15.8 Å². The largest absolute Gasteiger partial charge is 0.514 e. The Labute approximate surface area is 209 Å². The highest BCUT2D eigenvalue weighted by Gasteiger charge is 2.31. The molecule has 2 fully saturated rings. The molecule has 1 saturated heterocycles. The van der Waals surface area contributed by atoms with Crippen molar-refractivity contribution in [2.45, 2.75) is 57.2 Å². The van der Waals surface area contributed by atoms with Gasteiger partial charge in [-0.05, 0) is 50.8 Å². The van der Waals surface area contributed by atoms with Crippen LogP contribution in [0.3, 0.4) is 0 Å². The van der Waals surface area contributed by atoms with E-state index in [1.54, 1.807) is 6.07 Å². The maximum atomic E-state index is 14.4. The van der Waals surface area contributed by atoms with E-state index in [9.17, 15) is 8.78 Å². The molecular weight excluding hydrogens is 447 g/mol. The van der Waals surface area contributed by atoms with E-state index < -0.39 is 23.5 Å². The Kier molecular flexibility index (Phi) is 11.2. The molecule has 2 aromatic rings. The molecule has 0 unspecified atom stereocenters. The molecule has 0 aromatic carbocycles. The molecule has 0 spiro atoms. The fraction of sp³-hybridized carbons (Fsp3) is 0.522. The summed E-state index contributed by atoms with van der Waals surface area (Å²) in [4.78, 5) is 7.80. The molecule has 1 saturated carbocycles. The lowest BCUT2D eigenvalue weighted by atomic mass is 9.52. The third-order valence-corrected chi connectivity index (χ3v) is 5.05. The number of nitrogens with two attached hydrogens (primary N) is 1. The second-order valence-corrected chi connectivity index (χ2v) is 8.00. The van der Waals surface area contributed by atoms with Crippen LogP contribution in [-0.4, -0.2) is 69.8 Å². The van der Waals surface area contributed by atoms with Gasteiger partial charge in [-0.1, -0.05) is 20.3 Å². The zero-order chi connectivity index (χ0) is 26.0. The molecule has 2 aromatic heterocycles. The third kappa shape index (κ3) is 8.61. The number of ether oxygens (including phenoxy) is 1. The number of allylic oxidation sites excluding steroid dienone is 2. The lowest BCUT2D eigenvalue weighted by Gasteiger charge is -2.24. The molecule has 2 aliphatic rings. The lowest BCUT2D eigenvalue weighted by Crippen LogP contribution is -2.38. The van der Waals surface area contributed by atoms with Crippen molar-refractivity contribution >= 4 is 41.6 Å². The molecule has 4 rings (SSSR count). The first-order valence-corrected chi connectivity index (χ1v) is 11.8. The number of hydrogen-bond donors (Lipinski definition) is 2. The van der Waals surface area contributed by atoms with Crippen LogP contribution in [0.4, 0.5) is 8.78 Å². The zero-order valence-corrected chi connectivity index (χ0v) is 20.4. The van der Waals surface area contributed by atoms with Crippen molar-refractivity contribution in [3.63, 3.8) is 0 Å². The summed E-state index contributed by atoms with van der Waals surface area (Å²) in [6.07, 6.45) is 7.99. The second-order valence-electron chi connectivity index (χ2n) is 8.00. The molecule has 12 heteroatoms. The summed E-state index contributed by atoms with van der Waals surface area (Å²) in [5.74, 6) is -1.36. The average molecular weight is 478 g/mol. The van der Waals surface area contributed by atoms with Crippen LogP contribution in [0.25, 0.3) is 11.3 Å². The van der Waals surface area contributed by atoms with Crippen LogP contribution >= 0.6 is 0 Å². The van der Waals surface area contributed by atoms with E-state index in [4.69, 9.17) is 34.0 Å². The Hall–Kier alpha value is -2.46. The van der Waals surface area contributed by atoms with Gasteiger partial charge < -0.3 is 15.8 Å². The van der Waals surface area contributed by atoms with Gasteiger partial charge in [0, 0.05) is 24.6 Å². The highest BCUT2D eigenvalue weighted by Crippen LogP contribution is 2.44. The molecule has 1 aliphatic carbocycles. The van der Waals surface area contributed by atoms with Gasteiger partial charge in [0.1, 0.15) is 52.2 Å². The number of piperidine rings is 1. The number of imidazole rings is 1. The van der Waals surface area contributed by atoms with Crippen LogP contribution in [0, 0.1) is 0 Å². The summed E-state index contributed by atoms with van der Waals surface area (Å²) >= 11 is 0. The number of rotatable bonds is 7. The van der Waals surface area contributed by atoms with Gasteiger partial charge in [0.15, 0.2) is 11.5 Å². The molecule has 3 N–H and O–H groups in total. The summed E-state index contributed by atoms with van der Waals surface area (Å²) in [5.41, 5.74) is 5.98. The monoisotopic (exact) mass is 478 g/mol. The number of aromatic nitrogens is 3. The van der Waals surface area contributed by atoms with E-state index in [1.807, 2.05) is 13.8 Å². The predicted molar refractivity (Wildman–Crippen MR) is 139 cm³/mol. The Morgan fingerprint density at radius 1 is 1.29 bits per heavy atom. The number of hydrogen-bond acceptors (Lipinski definition) is 6. The van der Waals surface area contributed by atoms with Gasteiger partial charge in [-0.3, -0.25) is 4.99 Å². The number of aliphatic imine (C=N–C) groups is 1. The van der Waals surface area contributed by atoms with E-state index in [-0.39, 0.29) is 17.3 Å². The molecular formula is C23H31B3F2N6O. The van der Waals surface area contributed by atoms with E-state index in [0.29, 0.717) is 23.2 Å². The third-order valence-electron chi connectivity index (χ3n) is 5.05. The number of nitrogens with zero attached hydrogens (tertiary/aromatic N) is 4. The van der Waals surface area contributed by atoms with Gasteiger partial charge in [-0.15, -0.1) is 0 Å². The molecule has 0 bridgehead atoms. The number of nitrogens with one attached hydrogen (secondary N) is 1. The SMILES string of the molecule is C1CCNCC1.CC.[B]C([B])([B])Oc1cc2ncc(/C(N=C)=C(F)/C=C(/F)CN)n2nc1C1CC1. The van der Waals surface area contributed by atoms with Crippen LogP contribution in [0.5, 0.6) is 5.75 Å². The summed E-state index contributed by atoms with van der Waals surface area (Å²) in [6.45, 7) is 9.40. The molecule has 7 nitrogen and oxygen atoms in total. The smallest absolute Gasteiger partial charge is 0.157 e. The maximum Gasteiger partial charge on any atom is 0.157 e. The van der Waals surface area contributed by atoms with Crippen LogP contribution in [0.2, 0.25) is 0 Å². The predicted octanol–water partition coefficient (Wildman–Crippen LogP) is 3.04. The zero-order valence-electron chi connectivity index (χ0n) is 20.4. The standard InChI is InChI=1S/C16H14B3F2N5O.C5H11N.C2H6/c1-23-15(10(21)4-9(20)6-22)11-7-24-13-5-12(27-16(17,18)19)14(8-2-3-8)25-26(11)13;1-2-4-6-5-3-1;1-2/h4-5,7-8H,1-3,6,22H2;6H,1-5H2;1-2H3/b9-4+,15-10+;;. The highest BCUT2D eigenvalue weighted by molar-refractivity contribution is 6.58. The minimum Gasteiger partial charge on any atom is -0.514 e. The molecule has 3 heterocycles. The Bertz CT molecular complexity index is 1030. The van der Waals surface area contributed by atoms with Crippen LogP contribution in [-0.2, 0) is 0 Å². The van der Waals surface area contributed by atoms with Crippen molar-refractivity contribution in [1.29, 1.82) is 0 Å². The van der Waals surface area contributed by atoms with Crippen molar-refractivity contribution < 1.29 is 13.5 Å². The first-order chi connectivity index (χ1) is 16.7. The van der Waals surface area contributed by atoms with Gasteiger partial charge in [-0.25, -0.2) is 18.3 Å². The van der Waals surface area contributed by atoms with Gasteiger partial charge in [0.2, 0.25) is 0 Å².